The molecule has 1 aliphatic heterocycles. The Hall–Kier alpha value is -0.950. The highest BCUT2D eigenvalue weighted by molar-refractivity contribution is 5.71. The van der Waals surface area contributed by atoms with Crippen LogP contribution in [0.2, 0.25) is 0 Å². The number of hydrogen-bond acceptors (Lipinski definition) is 5. The van der Waals surface area contributed by atoms with E-state index in [1.54, 1.807) is 0 Å². The van der Waals surface area contributed by atoms with Crippen LogP contribution in [0.5, 0.6) is 0 Å². The van der Waals surface area contributed by atoms with E-state index < -0.39 is 12.1 Å². The first-order valence-electron chi connectivity index (χ1n) is 9.00. The molecule has 4 unspecified atom stereocenters. The molecule has 4 atom stereocenters. The Morgan fingerprint density at radius 2 is 2.12 bits per heavy atom. The SMILES string of the molecule is C=CCC1NCCOC1(CCCCC)C(N)CC.CC(O)C(=O)O. The number of carboxylic acid groups (broad SMARTS) is 1. The van der Waals surface area contributed by atoms with Crippen LogP contribution in [0.15, 0.2) is 12.7 Å². The fourth-order valence-electron chi connectivity index (χ4n) is 2.99. The van der Waals surface area contributed by atoms with Crippen molar-refractivity contribution in [3.63, 3.8) is 0 Å². The van der Waals surface area contributed by atoms with E-state index in [4.69, 9.17) is 20.7 Å². The summed E-state index contributed by atoms with van der Waals surface area (Å²) >= 11 is 0. The summed E-state index contributed by atoms with van der Waals surface area (Å²) in [5, 5.41) is 19.3. The number of carbonyl (C=O) groups is 1. The largest absolute Gasteiger partial charge is 0.479 e. The van der Waals surface area contributed by atoms with E-state index in [2.05, 4.69) is 25.7 Å². The minimum Gasteiger partial charge on any atom is -0.479 e. The van der Waals surface area contributed by atoms with Crippen molar-refractivity contribution in [1.29, 1.82) is 0 Å². The van der Waals surface area contributed by atoms with Gasteiger partial charge < -0.3 is 26.0 Å². The summed E-state index contributed by atoms with van der Waals surface area (Å²) in [7, 11) is 0. The van der Waals surface area contributed by atoms with Crippen LogP contribution in [0.4, 0.5) is 0 Å². The molecule has 5 N–H and O–H groups in total. The number of unbranched alkanes of at least 4 members (excludes halogenated alkanes) is 2. The quantitative estimate of drug-likeness (QED) is 0.377. The Bertz CT molecular complexity index is 363. The van der Waals surface area contributed by atoms with Gasteiger partial charge >= 0.3 is 5.97 Å². The summed E-state index contributed by atoms with van der Waals surface area (Å²) in [6.45, 7) is 11.1. The van der Waals surface area contributed by atoms with Gasteiger partial charge in [-0.05, 0) is 26.2 Å². The molecule has 0 amide bonds. The van der Waals surface area contributed by atoms with E-state index in [-0.39, 0.29) is 11.6 Å². The van der Waals surface area contributed by atoms with Crippen LogP contribution in [0, 0.1) is 0 Å². The Labute approximate surface area is 146 Å². The number of hydrogen-bond donors (Lipinski definition) is 4. The molecule has 142 valence electrons. The second kappa shape index (κ2) is 12.4. The lowest BCUT2D eigenvalue weighted by Gasteiger charge is -2.48. The molecule has 1 fully saturated rings. The number of nitrogens with one attached hydrogen (secondary N) is 1. The van der Waals surface area contributed by atoms with E-state index in [0.717, 1.165) is 32.4 Å². The smallest absolute Gasteiger partial charge is 0.332 e. The van der Waals surface area contributed by atoms with Crippen molar-refractivity contribution in [2.75, 3.05) is 13.2 Å². The van der Waals surface area contributed by atoms with Crippen LogP contribution in [0.1, 0.15) is 59.3 Å². The number of aliphatic carboxylic acids is 1. The molecule has 1 rings (SSSR count). The molecule has 0 aromatic carbocycles. The first-order valence-corrected chi connectivity index (χ1v) is 9.00. The third kappa shape index (κ3) is 7.30. The number of nitrogens with two attached hydrogens (primary N) is 1. The Kier molecular flexibility index (Phi) is 11.9. The normalized spacial score (nSPS) is 26.0. The number of aliphatic hydroxyl groups is 1. The third-order valence-corrected chi connectivity index (χ3v) is 4.45. The summed E-state index contributed by atoms with van der Waals surface area (Å²) < 4.78 is 6.19. The fraction of sp³-hybridized carbons (Fsp3) is 0.833. The van der Waals surface area contributed by atoms with Crippen molar-refractivity contribution in [1.82, 2.24) is 5.32 Å². The average Bonchev–Trinajstić information content (AvgIpc) is 2.56. The lowest BCUT2D eigenvalue weighted by atomic mass is 9.78. The number of ether oxygens (including phenoxy) is 1. The minimum atomic E-state index is -1.23. The average molecular weight is 344 g/mol. The molecule has 24 heavy (non-hydrogen) atoms. The number of aliphatic hydroxyl groups excluding tert-OH is 1. The summed E-state index contributed by atoms with van der Waals surface area (Å²) in [6.07, 6.45) is 7.37. The van der Waals surface area contributed by atoms with Crippen LogP contribution in [0.3, 0.4) is 0 Å². The molecular weight excluding hydrogens is 308 g/mol. The molecule has 0 spiro atoms. The predicted octanol–water partition coefficient (Wildman–Crippen LogP) is 2.06. The highest BCUT2D eigenvalue weighted by atomic mass is 16.5. The molecule has 6 heteroatoms. The van der Waals surface area contributed by atoms with Crippen LogP contribution < -0.4 is 11.1 Å². The van der Waals surface area contributed by atoms with Crippen molar-refractivity contribution >= 4 is 5.97 Å². The van der Waals surface area contributed by atoms with Gasteiger partial charge in [-0.15, -0.1) is 6.58 Å². The van der Waals surface area contributed by atoms with Gasteiger partial charge in [0.1, 0.15) is 6.10 Å². The third-order valence-electron chi connectivity index (χ3n) is 4.45. The zero-order valence-electron chi connectivity index (χ0n) is 15.5. The van der Waals surface area contributed by atoms with Crippen molar-refractivity contribution in [3.8, 4) is 0 Å². The maximum Gasteiger partial charge on any atom is 0.332 e. The molecular formula is C18H36N2O4. The summed E-state index contributed by atoms with van der Waals surface area (Å²) in [5.74, 6) is -1.19. The van der Waals surface area contributed by atoms with E-state index in [1.165, 1.54) is 26.2 Å². The molecule has 1 aliphatic rings. The topological polar surface area (TPSA) is 105 Å². The second-order valence-electron chi connectivity index (χ2n) is 6.32. The maximum atomic E-state index is 9.45. The van der Waals surface area contributed by atoms with Crippen molar-refractivity contribution in [2.24, 2.45) is 5.73 Å². The standard InChI is InChI=1S/C15H30N2O.C3H6O3/c1-4-7-8-10-15(13(16)6-3)14(9-5-2)17-11-12-18-15;1-2(4)3(5)6/h5,13-14,17H,2,4,6-12,16H2,1,3H3;2,4H,1H3,(H,5,6). The molecule has 6 nitrogen and oxygen atoms in total. The van der Waals surface area contributed by atoms with E-state index in [1.807, 2.05) is 6.08 Å². The maximum absolute atomic E-state index is 9.45. The lowest BCUT2D eigenvalue weighted by molar-refractivity contribution is -0.145. The molecule has 0 saturated carbocycles. The van der Waals surface area contributed by atoms with Gasteiger partial charge in [0.2, 0.25) is 0 Å². The zero-order valence-corrected chi connectivity index (χ0v) is 15.5. The fourth-order valence-corrected chi connectivity index (χ4v) is 2.99. The number of carboxylic acids is 1. The first kappa shape index (κ1) is 23.1. The lowest BCUT2D eigenvalue weighted by Crippen LogP contribution is -2.65. The van der Waals surface area contributed by atoms with Gasteiger partial charge in [-0.3, -0.25) is 0 Å². The molecule has 0 radical (unpaired) electrons. The van der Waals surface area contributed by atoms with E-state index in [9.17, 15) is 4.79 Å². The van der Waals surface area contributed by atoms with Gasteiger partial charge in [0.15, 0.2) is 0 Å². The summed E-state index contributed by atoms with van der Waals surface area (Å²) in [4.78, 5) is 9.45. The highest BCUT2D eigenvalue weighted by Gasteiger charge is 2.45. The molecule has 1 saturated heterocycles. The van der Waals surface area contributed by atoms with Crippen LogP contribution >= 0.6 is 0 Å². The molecule has 0 aromatic heterocycles. The molecule has 0 bridgehead atoms. The van der Waals surface area contributed by atoms with Gasteiger partial charge in [-0.1, -0.05) is 39.2 Å². The van der Waals surface area contributed by atoms with Crippen molar-refractivity contribution in [3.05, 3.63) is 12.7 Å². The summed E-state index contributed by atoms with van der Waals surface area (Å²) in [6, 6.07) is 0.419. The second-order valence-corrected chi connectivity index (χ2v) is 6.32. The van der Waals surface area contributed by atoms with E-state index in [0.29, 0.717) is 6.04 Å². The number of rotatable bonds is 9. The van der Waals surface area contributed by atoms with Crippen LogP contribution in [-0.2, 0) is 9.53 Å². The minimum absolute atomic E-state index is 0.104. The summed E-state index contributed by atoms with van der Waals surface area (Å²) in [5.41, 5.74) is 6.19. The monoisotopic (exact) mass is 344 g/mol. The first-order chi connectivity index (χ1) is 11.4. The van der Waals surface area contributed by atoms with Crippen molar-refractivity contribution < 1.29 is 19.7 Å². The van der Waals surface area contributed by atoms with E-state index >= 15 is 0 Å². The van der Waals surface area contributed by atoms with Gasteiger partial charge in [0.25, 0.3) is 0 Å². The molecule has 1 heterocycles. The van der Waals surface area contributed by atoms with Gasteiger partial charge in [0, 0.05) is 18.6 Å². The molecule has 0 aliphatic carbocycles. The highest BCUT2D eigenvalue weighted by Crippen LogP contribution is 2.32. The van der Waals surface area contributed by atoms with Gasteiger partial charge in [0.05, 0.1) is 12.2 Å². The predicted molar refractivity (Wildman–Crippen MR) is 97.0 cm³/mol. The Balaban J connectivity index is 0.000000754. The van der Waals surface area contributed by atoms with Crippen molar-refractivity contribution in [2.45, 2.75) is 83.1 Å². The Morgan fingerprint density at radius 1 is 1.50 bits per heavy atom. The van der Waals surface area contributed by atoms with Gasteiger partial charge in [-0.2, -0.15) is 0 Å². The number of morpholine rings is 1. The molecule has 0 aromatic rings. The van der Waals surface area contributed by atoms with Gasteiger partial charge in [-0.25, -0.2) is 4.79 Å². The Morgan fingerprint density at radius 3 is 2.58 bits per heavy atom. The van der Waals surface area contributed by atoms with Crippen LogP contribution in [0.25, 0.3) is 0 Å². The zero-order chi connectivity index (χ0) is 18.6. The van der Waals surface area contributed by atoms with Crippen LogP contribution in [-0.4, -0.2) is 53.1 Å².